The Morgan fingerprint density at radius 2 is 2.18 bits per heavy atom. The van der Waals surface area contributed by atoms with E-state index in [9.17, 15) is 0 Å². The molecule has 4 heteroatoms. The van der Waals surface area contributed by atoms with E-state index in [4.69, 9.17) is 4.74 Å². The highest BCUT2D eigenvalue weighted by Gasteiger charge is 2.20. The predicted molar refractivity (Wildman–Crippen MR) is 88.5 cm³/mol. The van der Waals surface area contributed by atoms with Crippen LogP contribution >= 0.6 is 0 Å². The zero-order chi connectivity index (χ0) is 15.2. The molecule has 1 fully saturated rings. The highest BCUT2D eigenvalue weighted by molar-refractivity contribution is 5.52. The van der Waals surface area contributed by atoms with Crippen molar-refractivity contribution < 1.29 is 4.74 Å². The fraction of sp³-hybridized carbons (Fsp3) is 0.389. The first kappa shape index (κ1) is 15.0. The van der Waals surface area contributed by atoms with Crippen LogP contribution in [0.2, 0.25) is 0 Å². The van der Waals surface area contributed by atoms with E-state index in [2.05, 4.69) is 53.3 Å². The van der Waals surface area contributed by atoms with Crippen LogP contribution in [0.1, 0.15) is 12.5 Å². The highest BCUT2D eigenvalue weighted by Crippen LogP contribution is 2.12. The number of morpholine rings is 1. The molecule has 0 saturated carbocycles. The molecule has 2 heterocycles. The molecule has 0 bridgehead atoms. The highest BCUT2D eigenvalue weighted by atomic mass is 16.5. The summed E-state index contributed by atoms with van der Waals surface area (Å²) in [5.41, 5.74) is 2.65. The predicted octanol–water partition coefficient (Wildman–Crippen LogP) is 2.69. The summed E-state index contributed by atoms with van der Waals surface area (Å²) in [5, 5.41) is 4.26. The molecule has 0 aliphatic carbocycles. The molecule has 1 aliphatic heterocycles. The Balaban J connectivity index is 1.54. The smallest absolute Gasteiger partial charge is 0.0898 e. The van der Waals surface area contributed by atoms with E-state index in [0.29, 0.717) is 0 Å². The van der Waals surface area contributed by atoms with Crippen LogP contribution in [-0.4, -0.2) is 47.0 Å². The Morgan fingerprint density at radius 1 is 1.32 bits per heavy atom. The second-order valence-corrected chi connectivity index (χ2v) is 5.86. The zero-order valence-electron chi connectivity index (χ0n) is 13.1. The number of aromatic nitrogens is 2. The monoisotopic (exact) mass is 297 g/mol. The number of benzene rings is 1. The van der Waals surface area contributed by atoms with E-state index in [0.717, 1.165) is 32.8 Å². The van der Waals surface area contributed by atoms with E-state index in [1.807, 2.05) is 23.1 Å². The summed E-state index contributed by atoms with van der Waals surface area (Å²) in [6.07, 6.45) is 6.28. The maximum Gasteiger partial charge on any atom is 0.0898 e. The van der Waals surface area contributed by atoms with Crippen LogP contribution < -0.4 is 0 Å². The first-order chi connectivity index (χ1) is 10.8. The number of hydrogen-bond donors (Lipinski definition) is 0. The third kappa shape index (κ3) is 4.29. The van der Waals surface area contributed by atoms with Gasteiger partial charge in [-0.2, -0.15) is 5.10 Å². The number of rotatable bonds is 5. The Morgan fingerprint density at radius 3 is 2.95 bits per heavy atom. The Bertz CT molecular complexity index is 592. The minimum atomic E-state index is 0.221. The maximum absolute atomic E-state index is 5.86. The summed E-state index contributed by atoms with van der Waals surface area (Å²) in [7, 11) is 0. The molecule has 4 nitrogen and oxygen atoms in total. The van der Waals surface area contributed by atoms with Gasteiger partial charge in [-0.15, -0.1) is 0 Å². The second kappa shape index (κ2) is 7.38. The van der Waals surface area contributed by atoms with Crippen molar-refractivity contribution in [3.05, 3.63) is 59.9 Å². The fourth-order valence-electron chi connectivity index (χ4n) is 2.88. The fourth-order valence-corrected chi connectivity index (χ4v) is 2.88. The lowest BCUT2D eigenvalue weighted by Crippen LogP contribution is -2.44. The quantitative estimate of drug-likeness (QED) is 0.850. The van der Waals surface area contributed by atoms with Gasteiger partial charge in [0.1, 0.15) is 0 Å². The number of hydrogen-bond acceptors (Lipinski definition) is 3. The first-order valence-electron chi connectivity index (χ1n) is 7.83. The molecule has 1 saturated heterocycles. The maximum atomic E-state index is 5.86. The molecule has 3 rings (SSSR count). The summed E-state index contributed by atoms with van der Waals surface area (Å²) in [6, 6.07) is 12.4. The average molecular weight is 297 g/mol. The normalized spacial score (nSPS) is 20.2. The van der Waals surface area contributed by atoms with Gasteiger partial charge in [0, 0.05) is 32.0 Å². The lowest BCUT2D eigenvalue weighted by atomic mass is 10.1. The summed E-state index contributed by atoms with van der Waals surface area (Å²) < 4.78 is 7.80. The van der Waals surface area contributed by atoms with Crippen molar-refractivity contribution in [2.24, 2.45) is 0 Å². The van der Waals surface area contributed by atoms with E-state index >= 15 is 0 Å². The summed E-state index contributed by atoms with van der Waals surface area (Å²) >= 11 is 0. The van der Waals surface area contributed by atoms with Crippen LogP contribution in [0.25, 0.3) is 6.08 Å². The molecule has 0 amide bonds. The molecule has 2 aromatic rings. The molecule has 0 unspecified atom stereocenters. The molecule has 1 aliphatic rings. The number of nitrogens with zero attached hydrogens (tertiary/aromatic N) is 3. The van der Waals surface area contributed by atoms with Crippen LogP contribution in [0.5, 0.6) is 0 Å². The summed E-state index contributed by atoms with van der Waals surface area (Å²) in [4.78, 5) is 2.46. The van der Waals surface area contributed by atoms with Crippen molar-refractivity contribution in [3.8, 4) is 0 Å². The lowest BCUT2D eigenvalue weighted by Gasteiger charge is -2.33. The van der Waals surface area contributed by atoms with Gasteiger partial charge in [0.25, 0.3) is 0 Å². The first-order valence-corrected chi connectivity index (χ1v) is 7.83. The third-order valence-corrected chi connectivity index (χ3v) is 3.86. The molecule has 0 N–H and O–H groups in total. The summed E-state index contributed by atoms with van der Waals surface area (Å²) in [6.45, 7) is 6.77. The average Bonchev–Trinajstić information content (AvgIpc) is 3.01. The van der Waals surface area contributed by atoms with E-state index in [-0.39, 0.29) is 6.10 Å². The molecule has 0 spiro atoms. The number of ether oxygens (including phenoxy) is 1. The largest absolute Gasteiger partial charge is 0.374 e. The van der Waals surface area contributed by atoms with Gasteiger partial charge in [-0.3, -0.25) is 9.58 Å². The van der Waals surface area contributed by atoms with Crippen molar-refractivity contribution in [1.82, 2.24) is 14.7 Å². The van der Waals surface area contributed by atoms with E-state index in [1.165, 1.54) is 11.1 Å². The summed E-state index contributed by atoms with van der Waals surface area (Å²) in [5.74, 6) is 0. The van der Waals surface area contributed by atoms with Gasteiger partial charge in [-0.1, -0.05) is 42.0 Å². The van der Waals surface area contributed by atoms with Crippen LogP contribution in [0.4, 0.5) is 0 Å². The molecule has 116 valence electrons. The van der Waals surface area contributed by atoms with Gasteiger partial charge >= 0.3 is 0 Å². The third-order valence-electron chi connectivity index (χ3n) is 3.86. The van der Waals surface area contributed by atoms with Gasteiger partial charge in [0.05, 0.1) is 19.3 Å². The van der Waals surface area contributed by atoms with Crippen molar-refractivity contribution in [2.45, 2.75) is 19.6 Å². The Kier molecular flexibility index (Phi) is 5.03. The van der Waals surface area contributed by atoms with Crippen LogP contribution in [0.3, 0.4) is 0 Å². The van der Waals surface area contributed by atoms with Crippen molar-refractivity contribution in [2.75, 3.05) is 26.2 Å². The molecule has 1 aromatic heterocycles. The standard InChI is InChI=1S/C18H23N3O/c1-16(12-17-6-3-2-4-7-17)13-20-10-11-22-18(14-20)15-21-9-5-8-19-21/h2-9,12,18H,10-11,13-15H2,1H3/t18-/m1/s1. The minimum Gasteiger partial charge on any atom is -0.374 e. The Labute approximate surface area is 132 Å². The van der Waals surface area contributed by atoms with Crippen LogP contribution in [0, 0.1) is 0 Å². The molecule has 22 heavy (non-hydrogen) atoms. The van der Waals surface area contributed by atoms with E-state index in [1.54, 1.807) is 0 Å². The van der Waals surface area contributed by atoms with Crippen molar-refractivity contribution in [3.63, 3.8) is 0 Å². The lowest BCUT2D eigenvalue weighted by molar-refractivity contribution is -0.0344. The molecular weight excluding hydrogens is 274 g/mol. The van der Waals surface area contributed by atoms with Crippen molar-refractivity contribution in [1.29, 1.82) is 0 Å². The Hall–Kier alpha value is -1.91. The van der Waals surface area contributed by atoms with E-state index < -0.39 is 0 Å². The molecule has 1 atom stereocenters. The van der Waals surface area contributed by atoms with Gasteiger partial charge in [0.2, 0.25) is 0 Å². The molecule has 0 radical (unpaired) electrons. The molecular formula is C18H23N3O. The molecule has 1 aromatic carbocycles. The minimum absolute atomic E-state index is 0.221. The van der Waals surface area contributed by atoms with Gasteiger partial charge in [-0.25, -0.2) is 0 Å². The SMILES string of the molecule is CC(=Cc1ccccc1)CN1CCO[C@@H](Cn2cccn2)C1. The van der Waals surface area contributed by atoms with Crippen LogP contribution in [-0.2, 0) is 11.3 Å². The van der Waals surface area contributed by atoms with Crippen LogP contribution in [0.15, 0.2) is 54.4 Å². The van der Waals surface area contributed by atoms with Crippen molar-refractivity contribution >= 4 is 6.08 Å². The van der Waals surface area contributed by atoms with Gasteiger partial charge < -0.3 is 4.74 Å². The zero-order valence-corrected chi connectivity index (χ0v) is 13.1. The second-order valence-electron chi connectivity index (χ2n) is 5.86. The topological polar surface area (TPSA) is 30.3 Å². The van der Waals surface area contributed by atoms with Gasteiger partial charge in [0.15, 0.2) is 0 Å². The van der Waals surface area contributed by atoms with Gasteiger partial charge in [-0.05, 0) is 18.6 Å².